The summed E-state index contributed by atoms with van der Waals surface area (Å²) < 4.78 is 5.16. The van der Waals surface area contributed by atoms with Crippen LogP contribution in [0.4, 0.5) is 34.1 Å². The minimum absolute atomic E-state index is 0.0673. The van der Waals surface area contributed by atoms with Crippen LogP contribution in [-0.2, 0) is 5.41 Å². The molecule has 0 N–H and O–H groups in total. The second-order valence-electron chi connectivity index (χ2n) is 16.1. The molecule has 0 bridgehead atoms. The lowest BCUT2D eigenvalue weighted by molar-refractivity contribution is 0.591. The van der Waals surface area contributed by atoms with Crippen molar-refractivity contribution in [2.24, 2.45) is 0 Å². The summed E-state index contributed by atoms with van der Waals surface area (Å²) in [6.07, 6.45) is 0. The first kappa shape index (κ1) is 34.8. The summed E-state index contributed by atoms with van der Waals surface area (Å²) in [5, 5.41) is 9.97. The van der Waals surface area contributed by atoms with Crippen LogP contribution in [0.5, 0.6) is 0 Å². The number of benzene rings is 9. The van der Waals surface area contributed by atoms with Gasteiger partial charge in [0.1, 0.15) is 0 Å². The first-order valence-electron chi connectivity index (χ1n) is 19.9. The zero-order chi connectivity index (χ0) is 39.0. The van der Waals surface area contributed by atoms with Crippen LogP contribution >= 0.6 is 22.7 Å². The van der Waals surface area contributed by atoms with Gasteiger partial charge in [-0.3, -0.25) is 0 Å². The largest absolute Gasteiger partial charge is 0.308 e. The Morgan fingerprint density at radius 2 is 0.741 bits per heavy atom. The highest BCUT2D eigenvalue weighted by molar-refractivity contribution is 7.26. The van der Waals surface area contributed by atoms with Crippen LogP contribution in [0, 0.1) is 0 Å². The van der Waals surface area contributed by atoms with Gasteiger partial charge in [-0.2, -0.15) is 0 Å². The van der Waals surface area contributed by atoms with Gasteiger partial charge in [-0.15, -0.1) is 22.7 Å². The standard InChI is InChI=1S/C54H40N2S2/c1-54(2,3)35-32-33-42-45(34-35)51(56(37-20-8-5-9-21-37)47-29-17-27-44-39-23-13-15-31-49(39)58-53(44)47)41-25-11-10-24-40(41)50(42)55(36-18-6-4-7-19-36)46-28-16-26-43-38-22-12-14-30-48(38)57-52(43)46/h4-34H,1-3H3. The van der Waals surface area contributed by atoms with Crippen LogP contribution in [0.1, 0.15) is 26.3 Å². The lowest BCUT2D eigenvalue weighted by Crippen LogP contribution is -2.16. The van der Waals surface area contributed by atoms with Crippen LogP contribution in [-0.4, -0.2) is 0 Å². The molecule has 0 atom stereocenters. The summed E-state index contributed by atoms with van der Waals surface area (Å²) in [7, 11) is 0. The smallest absolute Gasteiger partial charge is 0.0640 e. The van der Waals surface area contributed by atoms with E-state index in [1.807, 2.05) is 22.7 Å². The summed E-state index contributed by atoms with van der Waals surface area (Å²) >= 11 is 3.76. The molecular weight excluding hydrogens is 741 g/mol. The maximum absolute atomic E-state index is 2.54. The quantitative estimate of drug-likeness (QED) is 0.122. The predicted molar refractivity (Wildman–Crippen MR) is 255 cm³/mol. The molecule has 0 aliphatic rings. The van der Waals surface area contributed by atoms with E-state index in [1.165, 1.54) is 90.2 Å². The van der Waals surface area contributed by atoms with Gasteiger partial charge in [-0.25, -0.2) is 0 Å². The van der Waals surface area contributed by atoms with Crippen LogP contribution in [0.3, 0.4) is 0 Å². The maximum atomic E-state index is 2.54. The summed E-state index contributed by atoms with van der Waals surface area (Å²) in [4.78, 5) is 5.07. The molecule has 0 radical (unpaired) electrons. The molecule has 9 aromatic carbocycles. The van der Waals surface area contributed by atoms with E-state index in [1.54, 1.807) is 0 Å². The number of para-hydroxylation sites is 2. The minimum atomic E-state index is -0.0673. The Morgan fingerprint density at radius 1 is 0.345 bits per heavy atom. The van der Waals surface area contributed by atoms with Crippen molar-refractivity contribution in [1.82, 2.24) is 0 Å². The second-order valence-corrected chi connectivity index (χ2v) is 18.2. The van der Waals surface area contributed by atoms with Gasteiger partial charge < -0.3 is 9.80 Å². The Hall–Kier alpha value is -6.46. The van der Waals surface area contributed by atoms with Gasteiger partial charge in [0.25, 0.3) is 0 Å². The molecule has 0 aliphatic heterocycles. The molecule has 278 valence electrons. The highest BCUT2D eigenvalue weighted by Gasteiger charge is 2.29. The lowest BCUT2D eigenvalue weighted by Gasteiger charge is -2.33. The number of rotatable bonds is 6. The first-order chi connectivity index (χ1) is 28.4. The molecule has 0 spiro atoms. The van der Waals surface area contributed by atoms with Crippen molar-refractivity contribution in [3.05, 3.63) is 194 Å². The van der Waals surface area contributed by atoms with Gasteiger partial charge in [0.15, 0.2) is 0 Å². The first-order valence-corrected chi connectivity index (χ1v) is 21.6. The molecular formula is C54H40N2S2. The van der Waals surface area contributed by atoms with Crippen molar-refractivity contribution in [3.8, 4) is 0 Å². The van der Waals surface area contributed by atoms with E-state index < -0.39 is 0 Å². The normalized spacial score (nSPS) is 12.1. The molecule has 11 aromatic rings. The molecule has 2 nitrogen and oxygen atoms in total. The Bertz CT molecular complexity index is 3340. The van der Waals surface area contributed by atoms with Gasteiger partial charge in [-0.1, -0.05) is 154 Å². The van der Waals surface area contributed by atoms with Crippen LogP contribution in [0.2, 0.25) is 0 Å². The summed E-state index contributed by atoms with van der Waals surface area (Å²) in [5.41, 5.74) is 8.21. The molecule has 11 rings (SSSR count). The van der Waals surface area contributed by atoms with Gasteiger partial charge in [0.2, 0.25) is 0 Å². The van der Waals surface area contributed by atoms with Crippen LogP contribution in [0.25, 0.3) is 61.9 Å². The third-order valence-corrected chi connectivity index (χ3v) is 14.0. The summed E-state index contributed by atoms with van der Waals surface area (Å²) in [5.74, 6) is 0. The van der Waals surface area contributed by atoms with E-state index in [0.29, 0.717) is 0 Å². The number of thiophene rings is 2. The Balaban J connectivity index is 1.30. The average Bonchev–Trinajstić information content (AvgIpc) is 3.84. The molecule has 0 unspecified atom stereocenters. The van der Waals surface area contributed by atoms with E-state index in [4.69, 9.17) is 0 Å². The molecule has 0 saturated heterocycles. The van der Waals surface area contributed by atoms with Crippen molar-refractivity contribution < 1.29 is 0 Å². The Kier molecular flexibility index (Phi) is 8.14. The van der Waals surface area contributed by atoms with E-state index in [-0.39, 0.29) is 5.41 Å². The predicted octanol–water partition coefficient (Wildman–Crippen LogP) is 17.0. The number of hydrogen-bond acceptors (Lipinski definition) is 4. The van der Waals surface area contributed by atoms with Crippen molar-refractivity contribution in [2.75, 3.05) is 9.80 Å². The zero-order valence-corrected chi connectivity index (χ0v) is 34.2. The highest BCUT2D eigenvalue weighted by atomic mass is 32.1. The van der Waals surface area contributed by atoms with E-state index >= 15 is 0 Å². The summed E-state index contributed by atoms with van der Waals surface area (Å²) in [6.45, 7) is 6.96. The SMILES string of the molecule is CC(C)(C)c1ccc2c(N(c3ccccc3)c3cccc4c3sc3ccccc34)c3ccccc3c(N(c3ccccc3)c3cccc4c3sc3ccccc34)c2c1. The van der Waals surface area contributed by atoms with E-state index in [0.717, 1.165) is 11.4 Å². The number of anilines is 6. The third-order valence-electron chi connectivity index (χ3n) is 11.6. The molecule has 58 heavy (non-hydrogen) atoms. The van der Waals surface area contributed by atoms with E-state index in [2.05, 4.69) is 219 Å². The second kappa shape index (κ2) is 13.6. The fourth-order valence-electron chi connectivity index (χ4n) is 8.83. The monoisotopic (exact) mass is 780 g/mol. The van der Waals surface area contributed by atoms with Crippen molar-refractivity contribution in [3.63, 3.8) is 0 Å². The van der Waals surface area contributed by atoms with Gasteiger partial charge in [0, 0.05) is 63.9 Å². The van der Waals surface area contributed by atoms with Crippen LogP contribution < -0.4 is 9.80 Å². The topological polar surface area (TPSA) is 6.48 Å². The number of nitrogens with zero attached hydrogens (tertiary/aromatic N) is 2. The lowest BCUT2D eigenvalue weighted by atomic mass is 9.84. The third kappa shape index (κ3) is 5.51. The van der Waals surface area contributed by atoms with Crippen molar-refractivity contribution in [2.45, 2.75) is 26.2 Å². The van der Waals surface area contributed by atoms with Crippen molar-refractivity contribution >= 4 is 119 Å². The van der Waals surface area contributed by atoms with E-state index in [9.17, 15) is 0 Å². The molecule has 0 fully saturated rings. The molecule has 4 heteroatoms. The number of hydrogen-bond donors (Lipinski definition) is 0. The van der Waals surface area contributed by atoms with Gasteiger partial charge >= 0.3 is 0 Å². The van der Waals surface area contributed by atoms with Crippen LogP contribution in [0.15, 0.2) is 188 Å². The van der Waals surface area contributed by atoms with Gasteiger partial charge in [0.05, 0.1) is 32.1 Å². The fourth-order valence-corrected chi connectivity index (χ4v) is 11.2. The molecule has 0 aliphatic carbocycles. The fraction of sp³-hybridized carbons (Fsp3) is 0.0741. The molecule has 2 heterocycles. The molecule has 2 aromatic heterocycles. The maximum Gasteiger partial charge on any atom is 0.0640 e. The molecule has 0 saturated carbocycles. The minimum Gasteiger partial charge on any atom is -0.308 e. The Morgan fingerprint density at radius 3 is 1.22 bits per heavy atom. The zero-order valence-electron chi connectivity index (χ0n) is 32.6. The summed E-state index contributed by atoms with van der Waals surface area (Å²) in [6, 6.07) is 69.5. The average molecular weight is 781 g/mol. The Labute approximate surface area is 346 Å². The highest BCUT2D eigenvalue weighted by Crippen LogP contribution is 2.54. The van der Waals surface area contributed by atoms with Gasteiger partial charge in [-0.05, 0) is 65.6 Å². The molecule has 0 amide bonds. The van der Waals surface area contributed by atoms with Crippen molar-refractivity contribution in [1.29, 1.82) is 0 Å². The number of fused-ring (bicyclic) bond motifs is 8.